The maximum absolute atomic E-state index is 14.3. The Bertz CT molecular complexity index is 447. The molecule has 3 nitrogen and oxygen atoms in total. The van der Waals surface area contributed by atoms with Gasteiger partial charge in [-0.3, -0.25) is 4.90 Å². The van der Waals surface area contributed by atoms with Gasteiger partial charge in [-0.15, -0.1) is 11.3 Å². The van der Waals surface area contributed by atoms with E-state index < -0.39 is 5.67 Å². The van der Waals surface area contributed by atoms with Crippen LogP contribution >= 0.6 is 11.3 Å². The predicted molar refractivity (Wildman–Crippen MR) is 78.9 cm³/mol. The molecule has 1 atom stereocenters. The van der Waals surface area contributed by atoms with Gasteiger partial charge in [0.1, 0.15) is 5.67 Å². The maximum atomic E-state index is 14.3. The number of methoxy groups -OCH3 is 1. The van der Waals surface area contributed by atoms with Gasteiger partial charge < -0.3 is 4.74 Å². The van der Waals surface area contributed by atoms with Gasteiger partial charge in [-0.2, -0.15) is 0 Å². The van der Waals surface area contributed by atoms with Crippen molar-refractivity contribution in [1.82, 2.24) is 9.88 Å². The summed E-state index contributed by atoms with van der Waals surface area (Å²) >= 11 is 1.78. The molecule has 20 heavy (non-hydrogen) atoms. The summed E-state index contributed by atoms with van der Waals surface area (Å²) in [5, 5.41) is 3.45. The molecule has 3 rings (SSSR count). The average Bonchev–Trinajstić information content (AvgIpc) is 3.11. The minimum Gasteiger partial charge on any atom is -0.381 e. The van der Waals surface area contributed by atoms with Crippen molar-refractivity contribution in [1.29, 1.82) is 0 Å². The van der Waals surface area contributed by atoms with Gasteiger partial charge in [-0.25, -0.2) is 9.37 Å². The van der Waals surface area contributed by atoms with Crippen molar-refractivity contribution in [2.24, 2.45) is 0 Å². The molecule has 1 unspecified atom stereocenters. The van der Waals surface area contributed by atoms with E-state index in [1.807, 2.05) is 0 Å². The molecule has 0 radical (unpaired) electrons. The summed E-state index contributed by atoms with van der Waals surface area (Å²) in [6, 6.07) is 0. The molecule has 0 amide bonds. The Hall–Kier alpha value is -0.520. The number of alkyl halides is 1. The summed E-state index contributed by atoms with van der Waals surface area (Å²) in [5.74, 6) is 0.682. The van der Waals surface area contributed by atoms with E-state index in [2.05, 4.69) is 10.3 Å². The van der Waals surface area contributed by atoms with Gasteiger partial charge >= 0.3 is 0 Å². The van der Waals surface area contributed by atoms with Crippen LogP contribution in [-0.2, 0) is 11.3 Å². The molecule has 112 valence electrons. The van der Waals surface area contributed by atoms with Crippen molar-refractivity contribution in [2.75, 3.05) is 26.8 Å². The minimum atomic E-state index is -1.17. The molecule has 1 aliphatic heterocycles. The van der Waals surface area contributed by atoms with Crippen LogP contribution in [0.2, 0.25) is 0 Å². The van der Waals surface area contributed by atoms with Crippen LogP contribution in [0.15, 0.2) is 5.38 Å². The molecule has 5 heteroatoms. The minimum absolute atomic E-state index is 0.202. The van der Waals surface area contributed by atoms with Crippen LogP contribution in [0, 0.1) is 0 Å². The quantitative estimate of drug-likeness (QED) is 0.833. The standard InChI is InChI=1S/C15H23FN2OS/c1-19-11-15(16)6-7-18(10-15)8-13-9-20-14(17-13)12-4-2-3-5-12/h9,12H,2-8,10-11H2,1H3. The summed E-state index contributed by atoms with van der Waals surface area (Å²) in [6.07, 6.45) is 5.83. The van der Waals surface area contributed by atoms with Crippen LogP contribution < -0.4 is 0 Å². The van der Waals surface area contributed by atoms with Crippen LogP contribution in [0.25, 0.3) is 0 Å². The molecule has 1 aliphatic carbocycles. The van der Waals surface area contributed by atoms with E-state index in [0.717, 1.165) is 18.8 Å². The fourth-order valence-corrected chi connectivity index (χ4v) is 4.40. The van der Waals surface area contributed by atoms with Crippen LogP contribution in [0.3, 0.4) is 0 Å². The van der Waals surface area contributed by atoms with Crippen LogP contribution in [0.1, 0.15) is 48.7 Å². The highest BCUT2D eigenvalue weighted by atomic mass is 32.1. The van der Waals surface area contributed by atoms with E-state index in [-0.39, 0.29) is 6.61 Å². The van der Waals surface area contributed by atoms with Gasteiger partial charge in [0.05, 0.1) is 17.3 Å². The van der Waals surface area contributed by atoms with Crippen molar-refractivity contribution < 1.29 is 9.13 Å². The lowest BCUT2D eigenvalue weighted by Crippen LogP contribution is -2.33. The molecule has 2 fully saturated rings. The zero-order chi connectivity index (χ0) is 14.0. The number of thiazole rings is 1. The molecular weight excluding hydrogens is 275 g/mol. The van der Waals surface area contributed by atoms with E-state index in [0.29, 0.717) is 18.9 Å². The monoisotopic (exact) mass is 298 g/mol. The third-order valence-electron chi connectivity index (χ3n) is 4.45. The van der Waals surface area contributed by atoms with Crippen molar-refractivity contribution in [3.05, 3.63) is 16.1 Å². The van der Waals surface area contributed by atoms with Crippen LogP contribution in [-0.4, -0.2) is 42.4 Å². The lowest BCUT2D eigenvalue weighted by atomic mass is 10.1. The van der Waals surface area contributed by atoms with E-state index in [9.17, 15) is 4.39 Å². The van der Waals surface area contributed by atoms with Gasteiger partial charge in [0.15, 0.2) is 0 Å². The number of ether oxygens (including phenoxy) is 1. The number of nitrogens with zero attached hydrogens (tertiary/aromatic N) is 2. The van der Waals surface area contributed by atoms with E-state index in [1.54, 1.807) is 18.4 Å². The highest BCUT2D eigenvalue weighted by Crippen LogP contribution is 2.36. The Labute approximate surface area is 124 Å². The van der Waals surface area contributed by atoms with E-state index in [4.69, 9.17) is 9.72 Å². The van der Waals surface area contributed by atoms with E-state index in [1.165, 1.54) is 30.7 Å². The molecule has 0 bridgehead atoms. The second-order valence-corrected chi connectivity index (χ2v) is 7.09. The number of rotatable bonds is 5. The Balaban J connectivity index is 1.56. The van der Waals surface area contributed by atoms with E-state index >= 15 is 0 Å². The van der Waals surface area contributed by atoms with Gasteiger partial charge in [0, 0.05) is 38.0 Å². The second kappa shape index (κ2) is 6.08. The highest BCUT2D eigenvalue weighted by molar-refractivity contribution is 7.09. The van der Waals surface area contributed by atoms with Gasteiger partial charge in [-0.05, 0) is 19.3 Å². The maximum Gasteiger partial charge on any atom is 0.148 e. The van der Waals surface area contributed by atoms with Gasteiger partial charge in [0.2, 0.25) is 0 Å². The lowest BCUT2D eigenvalue weighted by Gasteiger charge is -2.19. The van der Waals surface area contributed by atoms with Crippen LogP contribution in [0.5, 0.6) is 0 Å². The summed E-state index contributed by atoms with van der Waals surface area (Å²) in [6.45, 7) is 2.25. The smallest absolute Gasteiger partial charge is 0.148 e. The first-order valence-electron chi connectivity index (χ1n) is 7.53. The van der Waals surface area contributed by atoms with Crippen molar-refractivity contribution >= 4 is 11.3 Å². The first-order chi connectivity index (χ1) is 9.68. The average molecular weight is 298 g/mol. The SMILES string of the molecule is COCC1(F)CCN(Cc2csc(C3CCCC3)n2)C1. The normalized spacial score (nSPS) is 28.5. The lowest BCUT2D eigenvalue weighted by molar-refractivity contribution is 0.0467. The number of likely N-dealkylation sites (tertiary alicyclic amines) is 1. The molecule has 0 N–H and O–H groups in total. The van der Waals surface area contributed by atoms with Crippen molar-refractivity contribution in [2.45, 2.75) is 50.2 Å². The Morgan fingerprint density at radius 1 is 1.50 bits per heavy atom. The molecule has 1 saturated carbocycles. The molecule has 2 heterocycles. The topological polar surface area (TPSA) is 25.4 Å². The molecule has 2 aliphatic rings. The Kier molecular flexibility index (Phi) is 4.38. The zero-order valence-electron chi connectivity index (χ0n) is 12.1. The first-order valence-corrected chi connectivity index (χ1v) is 8.41. The highest BCUT2D eigenvalue weighted by Gasteiger charge is 2.38. The van der Waals surface area contributed by atoms with Crippen LogP contribution in [0.4, 0.5) is 4.39 Å². The molecular formula is C15H23FN2OS. The fraction of sp³-hybridized carbons (Fsp3) is 0.800. The third-order valence-corrected chi connectivity index (χ3v) is 5.50. The molecule has 0 spiro atoms. The fourth-order valence-electron chi connectivity index (χ4n) is 3.41. The number of hydrogen-bond acceptors (Lipinski definition) is 4. The molecule has 1 aromatic heterocycles. The van der Waals surface area contributed by atoms with Crippen molar-refractivity contribution in [3.8, 4) is 0 Å². The Morgan fingerprint density at radius 2 is 2.30 bits per heavy atom. The summed E-state index contributed by atoms with van der Waals surface area (Å²) < 4.78 is 19.3. The molecule has 1 saturated heterocycles. The molecule has 0 aromatic carbocycles. The summed E-state index contributed by atoms with van der Waals surface area (Å²) in [4.78, 5) is 6.93. The largest absolute Gasteiger partial charge is 0.381 e. The van der Waals surface area contributed by atoms with Crippen molar-refractivity contribution in [3.63, 3.8) is 0 Å². The van der Waals surface area contributed by atoms with Gasteiger partial charge in [0.25, 0.3) is 0 Å². The molecule has 1 aromatic rings. The Morgan fingerprint density at radius 3 is 3.05 bits per heavy atom. The number of halogens is 1. The number of hydrogen-bond donors (Lipinski definition) is 0. The number of aromatic nitrogens is 1. The summed E-state index contributed by atoms with van der Waals surface area (Å²) in [7, 11) is 1.57. The second-order valence-electron chi connectivity index (χ2n) is 6.20. The summed E-state index contributed by atoms with van der Waals surface area (Å²) in [5.41, 5.74) is -0.0578. The third kappa shape index (κ3) is 3.21. The first kappa shape index (κ1) is 14.4. The predicted octanol–water partition coefficient (Wildman–Crippen LogP) is 3.36. The van der Waals surface area contributed by atoms with Gasteiger partial charge in [-0.1, -0.05) is 12.8 Å². The zero-order valence-corrected chi connectivity index (χ0v) is 12.9.